The molecule has 0 bridgehead atoms. The Bertz CT molecular complexity index is 529. The molecule has 0 aliphatic heterocycles. The zero-order valence-electron chi connectivity index (χ0n) is 10.6. The Labute approximate surface area is 110 Å². The zero-order valence-corrected chi connectivity index (χ0v) is 11.4. The summed E-state index contributed by atoms with van der Waals surface area (Å²) in [6.07, 6.45) is 0. The molecule has 5 heteroatoms. The number of nitrogens with zero attached hydrogens (tertiary/aromatic N) is 1. The van der Waals surface area contributed by atoms with Gasteiger partial charge in [0, 0.05) is 13.1 Å². The molecule has 3 N–H and O–H groups in total. The van der Waals surface area contributed by atoms with Gasteiger partial charge in [0.1, 0.15) is 5.01 Å². The number of para-hydroxylation sites is 1. The van der Waals surface area contributed by atoms with E-state index in [0.717, 1.165) is 10.5 Å². The number of hydrogen-bond acceptors (Lipinski definition) is 4. The molecule has 2 aromatic rings. The number of hydrogen-bond donors (Lipinski definition) is 2. The molecular weight excluding hydrogens is 246 g/mol. The SMILES string of the molecule is CC(C)(CNCc1nc2ccccc2s1)C(N)=O. The van der Waals surface area contributed by atoms with Crippen molar-refractivity contribution in [3.05, 3.63) is 29.3 Å². The van der Waals surface area contributed by atoms with Gasteiger partial charge in [-0.25, -0.2) is 4.98 Å². The van der Waals surface area contributed by atoms with Gasteiger partial charge in [-0.1, -0.05) is 12.1 Å². The summed E-state index contributed by atoms with van der Waals surface area (Å²) in [6.45, 7) is 4.88. The molecule has 0 aliphatic carbocycles. The van der Waals surface area contributed by atoms with Crippen molar-refractivity contribution >= 4 is 27.5 Å². The van der Waals surface area contributed by atoms with Crippen LogP contribution in [0.1, 0.15) is 18.9 Å². The van der Waals surface area contributed by atoms with Crippen LogP contribution in [-0.4, -0.2) is 17.4 Å². The van der Waals surface area contributed by atoms with Crippen LogP contribution in [0.3, 0.4) is 0 Å². The molecule has 0 aliphatic rings. The summed E-state index contributed by atoms with van der Waals surface area (Å²) in [5.41, 5.74) is 5.81. The number of thiazole rings is 1. The third-order valence-corrected chi connectivity index (χ3v) is 3.88. The average Bonchev–Trinajstić information content (AvgIpc) is 2.70. The lowest BCUT2D eigenvalue weighted by Gasteiger charge is -2.20. The minimum atomic E-state index is -0.531. The fourth-order valence-corrected chi connectivity index (χ4v) is 2.50. The molecule has 1 aromatic heterocycles. The number of carbonyl (C=O) groups is 1. The summed E-state index contributed by atoms with van der Waals surface area (Å²) >= 11 is 1.67. The minimum Gasteiger partial charge on any atom is -0.369 e. The van der Waals surface area contributed by atoms with E-state index in [-0.39, 0.29) is 5.91 Å². The van der Waals surface area contributed by atoms with Crippen molar-refractivity contribution in [2.45, 2.75) is 20.4 Å². The number of nitrogens with two attached hydrogens (primary N) is 1. The molecular formula is C13H17N3OS. The number of aromatic nitrogens is 1. The maximum absolute atomic E-state index is 11.2. The summed E-state index contributed by atoms with van der Waals surface area (Å²) < 4.78 is 1.18. The van der Waals surface area contributed by atoms with Gasteiger partial charge in [-0.3, -0.25) is 4.79 Å². The predicted molar refractivity (Wildman–Crippen MR) is 74.3 cm³/mol. The molecule has 0 atom stereocenters. The summed E-state index contributed by atoms with van der Waals surface area (Å²) in [6, 6.07) is 8.05. The summed E-state index contributed by atoms with van der Waals surface area (Å²) in [5.74, 6) is -0.292. The van der Waals surface area contributed by atoms with E-state index in [1.807, 2.05) is 32.0 Å². The zero-order chi connectivity index (χ0) is 13.2. The number of benzene rings is 1. The number of carbonyl (C=O) groups excluding carboxylic acids is 1. The second-order valence-corrected chi connectivity index (χ2v) is 6.04. The molecule has 18 heavy (non-hydrogen) atoms. The lowest BCUT2D eigenvalue weighted by Crippen LogP contribution is -2.40. The Balaban J connectivity index is 1.96. The van der Waals surface area contributed by atoms with Crippen molar-refractivity contribution in [2.24, 2.45) is 11.1 Å². The van der Waals surface area contributed by atoms with Crippen LogP contribution in [0, 0.1) is 5.41 Å². The lowest BCUT2D eigenvalue weighted by atomic mass is 9.93. The molecule has 0 saturated carbocycles. The standard InChI is InChI=1S/C13H17N3OS/c1-13(2,12(14)17)8-15-7-11-16-9-5-3-4-6-10(9)18-11/h3-6,15H,7-8H2,1-2H3,(H2,14,17). The van der Waals surface area contributed by atoms with Crippen LogP contribution in [0.5, 0.6) is 0 Å². The molecule has 0 saturated heterocycles. The van der Waals surface area contributed by atoms with Gasteiger partial charge in [0.25, 0.3) is 0 Å². The van der Waals surface area contributed by atoms with Crippen LogP contribution < -0.4 is 11.1 Å². The second-order valence-electron chi connectivity index (χ2n) is 4.93. The van der Waals surface area contributed by atoms with E-state index in [4.69, 9.17) is 5.73 Å². The third-order valence-electron chi connectivity index (χ3n) is 2.85. The van der Waals surface area contributed by atoms with Gasteiger partial charge in [-0.05, 0) is 26.0 Å². The van der Waals surface area contributed by atoms with E-state index in [1.54, 1.807) is 11.3 Å². The highest BCUT2D eigenvalue weighted by Crippen LogP contribution is 2.21. The molecule has 4 nitrogen and oxygen atoms in total. The molecule has 1 heterocycles. The van der Waals surface area contributed by atoms with E-state index in [1.165, 1.54) is 4.70 Å². The monoisotopic (exact) mass is 263 g/mol. The van der Waals surface area contributed by atoms with Crippen LogP contribution in [0.15, 0.2) is 24.3 Å². The first-order valence-corrected chi connectivity index (χ1v) is 6.66. The highest BCUT2D eigenvalue weighted by Gasteiger charge is 2.24. The van der Waals surface area contributed by atoms with Crippen molar-refractivity contribution in [1.82, 2.24) is 10.3 Å². The maximum Gasteiger partial charge on any atom is 0.224 e. The van der Waals surface area contributed by atoms with Gasteiger partial charge in [0.2, 0.25) is 5.91 Å². The van der Waals surface area contributed by atoms with E-state index in [2.05, 4.69) is 16.4 Å². The van der Waals surface area contributed by atoms with E-state index < -0.39 is 5.41 Å². The van der Waals surface area contributed by atoms with Crippen molar-refractivity contribution in [3.8, 4) is 0 Å². The van der Waals surface area contributed by atoms with E-state index >= 15 is 0 Å². The second kappa shape index (κ2) is 5.04. The summed E-state index contributed by atoms with van der Waals surface area (Å²) in [7, 11) is 0. The summed E-state index contributed by atoms with van der Waals surface area (Å²) in [4.78, 5) is 15.7. The Hall–Kier alpha value is -1.46. The predicted octanol–water partition coefficient (Wildman–Crippen LogP) is 1.90. The first kappa shape index (κ1) is 13.0. The molecule has 2 rings (SSSR count). The first-order chi connectivity index (χ1) is 8.49. The van der Waals surface area contributed by atoms with Crippen molar-refractivity contribution in [1.29, 1.82) is 0 Å². The Morgan fingerprint density at radius 2 is 2.17 bits per heavy atom. The highest BCUT2D eigenvalue weighted by molar-refractivity contribution is 7.18. The quantitative estimate of drug-likeness (QED) is 0.865. The number of rotatable bonds is 5. The number of amides is 1. The van der Waals surface area contributed by atoms with Crippen LogP contribution in [-0.2, 0) is 11.3 Å². The maximum atomic E-state index is 11.2. The molecule has 96 valence electrons. The molecule has 0 spiro atoms. The van der Waals surface area contributed by atoms with Gasteiger partial charge in [0.05, 0.1) is 15.6 Å². The number of primary amides is 1. The fourth-order valence-electron chi connectivity index (χ4n) is 1.56. The van der Waals surface area contributed by atoms with E-state index in [0.29, 0.717) is 13.1 Å². The van der Waals surface area contributed by atoms with Gasteiger partial charge < -0.3 is 11.1 Å². The molecule has 0 radical (unpaired) electrons. The Morgan fingerprint density at radius 1 is 1.44 bits per heavy atom. The Kier molecular flexibility index (Phi) is 3.63. The topological polar surface area (TPSA) is 68.0 Å². The normalized spacial score (nSPS) is 11.9. The third kappa shape index (κ3) is 2.86. The fraction of sp³-hybridized carbons (Fsp3) is 0.385. The average molecular weight is 263 g/mol. The van der Waals surface area contributed by atoms with Crippen molar-refractivity contribution in [2.75, 3.05) is 6.54 Å². The smallest absolute Gasteiger partial charge is 0.224 e. The number of fused-ring (bicyclic) bond motifs is 1. The van der Waals surface area contributed by atoms with Crippen LogP contribution >= 0.6 is 11.3 Å². The van der Waals surface area contributed by atoms with Crippen LogP contribution in [0.25, 0.3) is 10.2 Å². The highest BCUT2D eigenvalue weighted by atomic mass is 32.1. The van der Waals surface area contributed by atoms with Gasteiger partial charge >= 0.3 is 0 Å². The van der Waals surface area contributed by atoms with Crippen LogP contribution in [0.2, 0.25) is 0 Å². The minimum absolute atomic E-state index is 0.292. The molecule has 0 unspecified atom stereocenters. The molecule has 1 amide bonds. The van der Waals surface area contributed by atoms with Crippen LogP contribution in [0.4, 0.5) is 0 Å². The van der Waals surface area contributed by atoms with Gasteiger partial charge in [-0.15, -0.1) is 11.3 Å². The van der Waals surface area contributed by atoms with E-state index in [9.17, 15) is 4.79 Å². The summed E-state index contributed by atoms with van der Waals surface area (Å²) in [5, 5.41) is 4.26. The lowest BCUT2D eigenvalue weighted by molar-refractivity contribution is -0.125. The number of nitrogens with one attached hydrogen (secondary N) is 1. The van der Waals surface area contributed by atoms with Gasteiger partial charge in [0.15, 0.2) is 0 Å². The van der Waals surface area contributed by atoms with Crippen molar-refractivity contribution < 1.29 is 4.79 Å². The molecule has 0 fully saturated rings. The van der Waals surface area contributed by atoms with Gasteiger partial charge in [-0.2, -0.15) is 0 Å². The van der Waals surface area contributed by atoms with Crippen molar-refractivity contribution in [3.63, 3.8) is 0 Å². The first-order valence-electron chi connectivity index (χ1n) is 5.84. The Morgan fingerprint density at radius 3 is 2.83 bits per heavy atom. The molecule has 1 aromatic carbocycles. The largest absolute Gasteiger partial charge is 0.369 e.